The van der Waals surface area contributed by atoms with Crippen LogP contribution in [-0.4, -0.2) is 29.3 Å². The zero-order chi connectivity index (χ0) is 13.8. The van der Waals surface area contributed by atoms with Crippen LogP contribution in [0.4, 0.5) is 8.78 Å². The van der Waals surface area contributed by atoms with Gasteiger partial charge in [-0.1, -0.05) is 12.1 Å². The smallest absolute Gasteiger partial charge is 0.395 e. The van der Waals surface area contributed by atoms with Gasteiger partial charge in [0.05, 0.1) is 0 Å². The van der Waals surface area contributed by atoms with Gasteiger partial charge < -0.3 is 14.6 Å². The van der Waals surface area contributed by atoms with E-state index in [1.54, 1.807) is 0 Å². The first-order valence-electron chi connectivity index (χ1n) is 5.30. The van der Waals surface area contributed by atoms with Crippen molar-refractivity contribution in [3.05, 3.63) is 23.8 Å². The fourth-order valence-corrected chi connectivity index (χ4v) is 2.11. The number of amides is 2. The number of ether oxygens (including phenoxy) is 2. The number of alkyl halides is 2. The number of imide groups is 1. The van der Waals surface area contributed by atoms with Crippen LogP contribution >= 0.6 is 0 Å². The van der Waals surface area contributed by atoms with Crippen LogP contribution in [0.5, 0.6) is 11.5 Å². The van der Waals surface area contributed by atoms with Crippen molar-refractivity contribution >= 4 is 11.8 Å². The number of aliphatic hydroxyl groups is 1. The molecule has 2 atom stereocenters. The van der Waals surface area contributed by atoms with Gasteiger partial charge >= 0.3 is 6.29 Å². The summed E-state index contributed by atoms with van der Waals surface area (Å²) in [5.41, 5.74) is -0.0227. The Morgan fingerprint density at radius 2 is 1.95 bits per heavy atom. The van der Waals surface area contributed by atoms with Crippen LogP contribution < -0.4 is 14.8 Å². The third kappa shape index (κ3) is 1.72. The van der Waals surface area contributed by atoms with Gasteiger partial charge in [-0.3, -0.25) is 14.9 Å². The number of nitrogens with one attached hydrogen (secondary N) is 1. The molecule has 8 heteroatoms. The SMILES string of the molecule is O=C1NC(=O)C(c2cccc3c2OC(F)(F)O3)C1O. The van der Waals surface area contributed by atoms with Crippen LogP contribution in [0.25, 0.3) is 0 Å². The minimum Gasteiger partial charge on any atom is -0.395 e. The van der Waals surface area contributed by atoms with E-state index in [4.69, 9.17) is 0 Å². The lowest BCUT2D eigenvalue weighted by molar-refractivity contribution is -0.287. The van der Waals surface area contributed by atoms with Crippen LogP contribution in [-0.2, 0) is 9.59 Å². The molecule has 1 saturated heterocycles. The number of hydrogen-bond donors (Lipinski definition) is 2. The Bertz CT molecular complexity index is 588. The van der Waals surface area contributed by atoms with E-state index in [0.717, 1.165) is 0 Å². The lowest BCUT2D eigenvalue weighted by Gasteiger charge is -2.13. The summed E-state index contributed by atoms with van der Waals surface area (Å²) < 4.78 is 34.6. The molecule has 0 aliphatic carbocycles. The van der Waals surface area contributed by atoms with Crippen LogP contribution in [0.3, 0.4) is 0 Å². The first kappa shape index (κ1) is 11.8. The molecule has 0 bridgehead atoms. The number of hydrogen-bond acceptors (Lipinski definition) is 5. The van der Waals surface area contributed by atoms with E-state index >= 15 is 0 Å². The standard InChI is InChI=1S/C11H7F2NO5/c12-11(13)18-5-3-1-2-4(8(5)19-11)6-7(15)10(17)14-9(6)16/h1-3,6-7,15H,(H,14,16,17). The zero-order valence-electron chi connectivity index (χ0n) is 9.22. The van der Waals surface area contributed by atoms with Gasteiger partial charge in [-0.05, 0) is 6.07 Å². The summed E-state index contributed by atoms with van der Waals surface area (Å²) in [7, 11) is 0. The molecule has 19 heavy (non-hydrogen) atoms. The van der Waals surface area contributed by atoms with Crippen molar-refractivity contribution < 1.29 is 33.0 Å². The minimum absolute atomic E-state index is 0.0227. The maximum Gasteiger partial charge on any atom is 0.586 e. The van der Waals surface area contributed by atoms with Crippen LogP contribution in [0.15, 0.2) is 18.2 Å². The molecule has 0 radical (unpaired) electrons. The van der Waals surface area contributed by atoms with E-state index < -0.39 is 30.1 Å². The quantitative estimate of drug-likeness (QED) is 0.708. The van der Waals surface area contributed by atoms with E-state index in [-0.39, 0.29) is 17.1 Å². The molecular weight excluding hydrogens is 264 g/mol. The Hall–Kier alpha value is -2.22. The van der Waals surface area contributed by atoms with Crippen molar-refractivity contribution in [1.82, 2.24) is 5.32 Å². The van der Waals surface area contributed by atoms with Crippen LogP contribution in [0.1, 0.15) is 11.5 Å². The van der Waals surface area contributed by atoms with Gasteiger partial charge in [0.1, 0.15) is 12.0 Å². The summed E-state index contributed by atoms with van der Waals surface area (Å²) in [6.45, 7) is 0. The predicted octanol–water partition coefficient (Wildman–Crippen LogP) is 0.109. The summed E-state index contributed by atoms with van der Waals surface area (Å²) in [6, 6.07) is 3.91. The van der Waals surface area contributed by atoms with Gasteiger partial charge in [0.15, 0.2) is 11.5 Å². The highest BCUT2D eigenvalue weighted by Crippen LogP contribution is 2.46. The maximum atomic E-state index is 13.0. The molecule has 6 nitrogen and oxygen atoms in total. The molecule has 2 unspecified atom stereocenters. The first-order valence-corrected chi connectivity index (χ1v) is 5.30. The summed E-state index contributed by atoms with van der Waals surface area (Å²) in [5, 5.41) is 11.5. The molecule has 2 amide bonds. The van der Waals surface area contributed by atoms with Gasteiger partial charge in [0, 0.05) is 5.56 Å². The zero-order valence-corrected chi connectivity index (χ0v) is 9.22. The number of aliphatic hydroxyl groups excluding tert-OH is 1. The van der Waals surface area contributed by atoms with Crippen molar-refractivity contribution in [1.29, 1.82) is 0 Å². The van der Waals surface area contributed by atoms with Crippen molar-refractivity contribution in [3.63, 3.8) is 0 Å². The second-order valence-electron chi connectivity index (χ2n) is 4.12. The number of para-hydroxylation sites is 1. The monoisotopic (exact) mass is 271 g/mol. The third-order valence-corrected chi connectivity index (χ3v) is 2.91. The number of carbonyl (C=O) groups is 2. The van der Waals surface area contributed by atoms with Gasteiger partial charge in [-0.2, -0.15) is 0 Å². The second-order valence-corrected chi connectivity index (χ2v) is 4.12. The lowest BCUT2D eigenvalue weighted by Crippen LogP contribution is -2.27. The van der Waals surface area contributed by atoms with Gasteiger partial charge in [-0.15, -0.1) is 8.78 Å². The van der Waals surface area contributed by atoms with Gasteiger partial charge in [0.25, 0.3) is 5.91 Å². The van der Waals surface area contributed by atoms with Crippen molar-refractivity contribution in [2.24, 2.45) is 0 Å². The Balaban J connectivity index is 2.07. The summed E-state index contributed by atoms with van der Waals surface area (Å²) >= 11 is 0. The van der Waals surface area contributed by atoms with Crippen LogP contribution in [0, 0.1) is 0 Å². The molecule has 0 aromatic heterocycles. The Morgan fingerprint density at radius 1 is 1.21 bits per heavy atom. The molecule has 2 aliphatic rings. The summed E-state index contributed by atoms with van der Waals surface area (Å²) in [5.74, 6) is -3.54. The van der Waals surface area contributed by atoms with Gasteiger partial charge in [-0.25, -0.2) is 0 Å². The molecule has 100 valence electrons. The fourth-order valence-electron chi connectivity index (χ4n) is 2.11. The minimum atomic E-state index is -3.83. The normalized spacial score (nSPS) is 27.5. The Kier molecular flexibility index (Phi) is 2.27. The average Bonchev–Trinajstić information content (AvgIpc) is 2.75. The predicted molar refractivity (Wildman–Crippen MR) is 54.5 cm³/mol. The molecule has 1 aromatic rings. The van der Waals surface area contributed by atoms with Crippen molar-refractivity contribution in [2.75, 3.05) is 0 Å². The Morgan fingerprint density at radius 3 is 2.58 bits per heavy atom. The highest BCUT2D eigenvalue weighted by atomic mass is 19.3. The summed E-state index contributed by atoms with van der Waals surface area (Å²) in [4.78, 5) is 22.8. The number of halogens is 2. The molecule has 2 N–H and O–H groups in total. The molecule has 1 fully saturated rings. The van der Waals surface area contributed by atoms with E-state index in [9.17, 15) is 23.5 Å². The number of benzene rings is 1. The van der Waals surface area contributed by atoms with Crippen LogP contribution in [0.2, 0.25) is 0 Å². The molecule has 0 spiro atoms. The third-order valence-electron chi connectivity index (χ3n) is 2.91. The average molecular weight is 271 g/mol. The molecule has 0 saturated carbocycles. The highest BCUT2D eigenvalue weighted by molar-refractivity contribution is 6.09. The summed E-state index contributed by atoms with van der Waals surface area (Å²) in [6.07, 6.45) is -5.47. The van der Waals surface area contributed by atoms with Crippen molar-refractivity contribution in [3.8, 4) is 11.5 Å². The molecule has 3 rings (SSSR count). The first-order chi connectivity index (χ1) is 8.89. The van der Waals surface area contributed by atoms with Gasteiger partial charge in [0.2, 0.25) is 5.91 Å². The van der Waals surface area contributed by atoms with E-state index in [0.29, 0.717) is 0 Å². The van der Waals surface area contributed by atoms with E-state index in [1.165, 1.54) is 18.2 Å². The molecule has 1 aromatic carbocycles. The second kappa shape index (κ2) is 3.64. The molecule has 2 heterocycles. The number of carbonyl (C=O) groups excluding carboxylic acids is 2. The van der Waals surface area contributed by atoms with E-state index in [1.807, 2.05) is 5.32 Å². The lowest BCUT2D eigenvalue weighted by atomic mass is 9.94. The highest BCUT2D eigenvalue weighted by Gasteiger charge is 2.49. The Labute approximate surface area is 104 Å². The van der Waals surface area contributed by atoms with Crippen molar-refractivity contribution in [2.45, 2.75) is 18.3 Å². The maximum absolute atomic E-state index is 13.0. The molecular formula is C11H7F2NO5. The fraction of sp³-hybridized carbons (Fsp3) is 0.273. The topological polar surface area (TPSA) is 84.9 Å². The number of fused-ring (bicyclic) bond motifs is 1. The van der Waals surface area contributed by atoms with E-state index in [2.05, 4.69) is 9.47 Å². The molecule has 2 aliphatic heterocycles. The largest absolute Gasteiger partial charge is 0.586 e. The number of rotatable bonds is 1.